The molecule has 0 heterocycles. The summed E-state index contributed by atoms with van der Waals surface area (Å²) in [5.74, 6) is 1.79. The van der Waals surface area contributed by atoms with Crippen LogP contribution in [0.5, 0.6) is 0 Å². The predicted molar refractivity (Wildman–Crippen MR) is 76.7 cm³/mol. The molecule has 0 saturated heterocycles. The summed E-state index contributed by atoms with van der Waals surface area (Å²) in [6.45, 7) is 5.13. The molecule has 0 unspecified atom stereocenters. The first-order chi connectivity index (χ1) is 8.92. The maximum atomic E-state index is 11.4. The number of Topliss-reactive ketones (excluding diaryl/α,β-unsaturated/α-hetero) is 1. The Kier molecular flexibility index (Phi) is 4.36. The van der Waals surface area contributed by atoms with E-state index in [9.17, 15) is 9.90 Å². The summed E-state index contributed by atoms with van der Waals surface area (Å²) in [6, 6.07) is 0. The van der Waals surface area contributed by atoms with Gasteiger partial charge in [0.2, 0.25) is 0 Å². The van der Waals surface area contributed by atoms with Gasteiger partial charge in [-0.3, -0.25) is 4.79 Å². The van der Waals surface area contributed by atoms with Crippen molar-refractivity contribution >= 4 is 5.78 Å². The van der Waals surface area contributed by atoms with Gasteiger partial charge in [0.25, 0.3) is 0 Å². The number of hydrogen-bond donors (Lipinski definition) is 2. The molecule has 0 aromatic heterocycles. The van der Waals surface area contributed by atoms with E-state index in [2.05, 4.69) is 13.8 Å². The van der Waals surface area contributed by atoms with Crippen molar-refractivity contribution in [2.45, 2.75) is 70.8 Å². The Labute approximate surface area is 116 Å². The molecule has 0 atom stereocenters. The molecule has 2 rings (SSSR count). The van der Waals surface area contributed by atoms with Crippen molar-refractivity contribution in [3.63, 3.8) is 0 Å². The molecule has 2 fully saturated rings. The lowest BCUT2D eigenvalue weighted by atomic mass is 9.56. The number of aliphatic hydroxyl groups is 1. The summed E-state index contributed by atoms with van der Waals surface area (Å²) >= 11 is 0. The molecular formula is C16H29NO2. The molecule has 3 N–H and O–H groups in total. The van der Waals surface area contributed by atoms with Crippen LogP contribution in [0.3, 0.4) is 0 Å². The van der Waals surface area contributed by atoms with E-state index in [4.69, 9.17) is 5.73 Å². The molecule has 2 aliphatic rings. The largest absolute Gasteiger partial charge is 0.389 e. The molecule has 0 aliphatic heterocycles. The standard InChI is InChI=1S/C16H29NO2/c1-12(2)13-3-7-15(11-17,8-4-13)16(19)9-5-14(18)6-10-16/h12-13,19H,3-11,17H2,1-2H3. The highest BCUT2D eigenvalue weighted by atomic mass is 16.3. The van der Waals surface area contributed by atoms with Gasteiger partial charge in [0.05, 0.1) is 5.60 Å². The summed E-state index contributed by atoms with van der Waals surface area (Å²) in [4.78, 5) is 11.4. The molecule has 2 saturated carbocycles. The molecule has 0 radical (unpaired) electrons. The fourth-order valence-electron chi connectivity index (χ4n) is 4.19. The van der Waals surface area contributed by atoms with Gasteiger partial charge < -0.3 is 10.8 Å². The summed E-state index contributed by atoms with van der Waals surface area (Å²) in [6.07, 6.45) is 6.70. The molecule has 0 aromatic rings. The number of hydrogen-bond acceptors (Lipinski definition) is 3. The fourth-order valence-corrected chi connectivity index (χ4v) is 4.19. The third-order valence-electron chi connectivity index (χ3n) is 5.94. The first-order valence-corrected chi connectivity index (χ1v) is 7.87. The smallest absolute Gasteiger partial charge is 0.133 e. The molecule has 0 amide bonds. The van der Waals surface area contributed by atoms with Crippen LogP contribution in [0, 0.1) is 17.3 Å². The van der Waals surface area contributed by atoms with Gasteiger partial charge in [0.1, 0.15) is 5.78 Å². The number of carbonyl (C=O) groups excluding carboxylic acids is 1. The highest BCUT2D eigenvalue weighted by molar-refractivity contribution is 5.79. The molecule has 110 valence electrons. The minimum absolute atomic E-state index is 0.140. The lowest BCUT2D eigenvalue weighted by Gasteiger charge is -2.52. The molecule has 0 aromatic carbocycles. The van der Waals surface area contributed by atoms with Crippen LogP contribution >= 0.6 is 0 Å². The third-order valence-corrected chi connectivity index (χ3v) is 5.94. The zero-order valence-corrected chi connectivity index (χ0v) is 12.5. The maximum Gasteiger partial charge on any atom is 0.133 e. The molecule has 3 heteroatoms. The third kappa shape index (κ3) is 2.73. The molecule has 0 spiro atoms. The van der Waals surface area contributed by atoms with Crippen molar-refractivity contribution in [2.75, 3.05) is 6.54 Å². The second-order valence-corrected chi connectivity index (χ2v) is 7.14. The van der Waals surface area contributed by atoms with Gasteiger partial charge in [-0.15, -0.1) is 0 Å². The highest BCUT2D eigenvalue weighted by Crippen LogP contribution is 2.51. The summed E-state index contributed by atoms with van der Waals surface area (Å²) in [5, 5.41) is 11.1. The molecule has 2 aliphatic carbocycles. The van der Waals surface area contributed by atoms with Crippen LogP contribution in [0.25, 0.3) is 0 Å². The van der Waals surface area contributed by atoms with Crippen LogP contribution in [-0.4, -0.2) is 23.0 Å². The van der Waals surface area contributed by atoms with Crippen molar-refractivity contribution in [3.8, 4) is 0 Å². The fraction of sp³-hybridized carbons (Fsp3) is 0.938. The van der Waals surface area contributed by atoms with Crippen molar-refractivity contribution in [1.82, 2.24) is 0 Å². The van der Waals surface area contributed by atoms with E-state index >= 15 is 0 Å². The van der Waals surface area contributed by atoms with Gasteiger partial charge in [-0.2, -0.15) is 0 Å². The van der Waals surface area contributed by atoms with Crippen molar-refractivity contribution in [3.05, 3.63) is 0 Å². The minimum Gasteiger partial charge on any atom is -0.389 e. The second-order valence-electron chi connectivity index (χ2n) is 7.14. The molecule has 0 bridgehead atoms. The van der Waals surface area contributed by atoms with Crippen LogP contribution < -0.4 is 5.73 Å². The second kappa shape index (κ2) is 5.53. The Bertz CT molecular complexity index is 320. The van der Waals surface area contributed by atoms with E-state index in [1.165, 1.54) is 12.8 Å². The molecular weight excluding hydrogens is 238 g/mol. The van der Waals surface area contributed by atoms with Gasteiger partial charge in [-0.05, 0) is 50.4 Å². The monoisotopic (exact) mass is 267 g/mol. The summed E-state index contributed by atoms with van der Waals surface area (Å²) < 4.78 is 0. The van der Waals surface area contributed by atoms with E-state index in [1.807, 2.05) is 0 Å². The SMILES string of the molecule is CC(C)C1CCC(CN)(C2(O)CCC(=O)CC2)CC1. The lowest BCUT2D eigenvalue weighted by Crippen LogP contribution is -2.56. The van der Waals surface area contributed by atoms with Crippen LogP contribution in [0.1, 0.15) is 65.2 Å². The number of carbonyl (C=O) groups is 1. The van der Waals surface area contributed by atoms with Crippen LogP contribution in [0.4, 0.5) is 0 Å². The Morgan fingerprint density at radius 1 is 1.21 bits per heavy atom. The van der Waals surface area contributed by atoms with Crippen LogP contribution in [-0.2, 0) is 4.79 Å². The highest BCUT2D eigenvalue weighted by Gasteiger charge is 2.51. The Balaban J connectivity index is 2.09. The van der Waals surface area contributed by atoms with Gasteiger partial charge in [0, 0.05) is 24.8 Å². The maximum absolute atomic E-state index is 11.4. The Hall–Kier alpha value is -0.410. The number of rotatable bonds is 3. The minimum atomic E-state index is -0.697. The van der Waals surface area contributed by atoms with E-state index < -0.39 is 5.60 Å². The predicted octanol–water partition coefficient (Wildman–Crippen LogP) is 2.65. The topological polar surface area (TPSA) is 63.3 Å². The average molecular weight is 267 g/mol. The van der Waals surface area contributed by atoms with E-state index in [0.29, 0.717) is 38.0 Å². The quantitative estimate of drug-likeness (QED) is 0.826. The number of ketones is 1. The van der Waals surface area contributed by atoms with Crippen molar-refractivity contribution < 1.29 is 9.90 Å². The van der Waals surface area contributed by atoms with Gasteiger partial charge >= 0.3 is 0 Å². The van der Waals surface area contributed by atoms with Gasteiger partial charge in [-0.25, -0.2) is 0 Å². The average Bonchev–Trinajstić information content (AvgIpc) is 2.42. The van der Waals surface area contributed by atoms with Gasteiger partial charge in [-0.1, -0.05) is 13.8 Å². The van der Waals surface area contributed by atoms with E-state index in [1.54, 1.807) is 0 Å². The first-order valence-electron chi connectivity index (χ1n) is 7.87. The Morgan fingerprint density at radius 2 is 1.74 bits per heavy atom. The first kappa shape index (κ1) is 15.0. The van der Waals surface area contributed by atoms with Crippen LogP contribution in [0.2, 0.25) is 0 Å². The van der Waals surface area contributed by atoms with E-state index in [-0.39, 0.29) is 5.41 Å². The normalized spacial score (nSPS) is 35.6. The number of nitrogens with two attached hydrogens (primary N) is 1. The molecule has 3 nitrogen and oxygen atoms in total. The molecule has 19 heavy (non-hydrogen) atoms. The van der Waals surface area contributed by atoms with Crippen molar-refractivity contribution in [2.24, 2.45) is 23.0 Å². The zero-order valence-electron chi connectivity index (χ0n) is 12.5. The van der Waals surface area contributed by atoms with Gasteiger partial charge in [0.15, 0.2) is 0 Å². The zero-order chi connectivity index (χ0) is 14.1. The Morgan fingerprint density at radius 3 is 2.16 bits per heavy atom. The van der Waals surface area contributed by atoms with Crippen LogP contribution in [0.15, 0.2) is 0 Å². The van der Waals surface area contributed by atoms with E-state index in [0.717, 1.165) is 24.7 Å². The summed E-state index contributed by atoms with van der Waals surface area (Å²) in [7, 11) is 0. The van der Waals surface area contributed by atoms with Crippen molar-refractivity contribution in [1.29, 1.82) is 0 Å². The summed E-state index contributed by atoms with van der Waals surface area (Å²) in [5.41, 5.74) is 5.23. The lowest BCUT2D eigenvalue weighted by molar-refractivity contribution is -0.145.